The first-order valence-electron chi connectivity index (χ1n) is 6.71. The second-order valence-electron chi connectivity index (χ2n) is 5.03. The summed E-state index contributed by atoms with van der Waals surface area (Å²) in [5.74, 6) is 1.04. The molecule has 1 aromatic heterocycles. The number of nitrogens with zero attached hydrogens (tertiary/aromatic N) is 3. The standard InChI is InChI=1S/C15H19Br2N3/c1-3-20-14(18-11-19-20)8-15(9-16,10-17)13-7-5-4-6-12(13)2/h4-7,11H,3,8-10H2,1-2H3. The van der Waals surface area contributed by atoms with Crippen LogP contribution in [0.15, 0.2) is 30.6 Å². The Kier molecular flexibility index (Phi) is 5.38. The second kappa shape index (κ2) is 6.85. The van der Waals surface area contributed by atoms with Gasteiger partial charge in [-0.25, -0.2) is 4.98 Å². The maximum Gasteiger partial charge on any atom is 0.138 e. The zero-order valence-electron chi connectivity index (χ0n) is 11.8. The van der Waals surface area contributed by atoms with Crippen molar-refractivity contribution in [3.63, 3.8) is 0 Å². The van der Waals surface area contributed by atoms with Crippen molar-refractivity contribution in [3.05, 3.63) is 47.5 Å². The molecule has 0 bridgehead atoms. The smallest absolute Gasteiger partial charge is 0.138 e. The molecule has 2 rings (SSSR count). The van der Waals surface area contributed by atoms with Gasteiger partial charge < -0.3 is 0 Å². The Hall–Kier alpha value is -0.680. The maximum absolute atomic E-state index is 4.43. The first-order chi connectivity index (χ1) is 9.66. The zero-order valence-corrected chi connectivity index (χ0v) is 15.0. The summed E-state index contributed by atoms with van der Waals surface area (Å²) in [4.78, 5) is 4.43. The normalized spacial score (nSPS) is 11.8. The quantitative estimate of drug-likeness (QED) is 0.689. The molecule has 0 N–H and O–H groups in total. The van der Waals surface area contributed by atoms with Crippen LogP contribution in [0.4, 0.5) is 0 Å². The molecule has 0 unspecified atom stereocenters. The summed E-state index contributed by atoms with van der Waals surface area (Å²) in [6.07, 6.45) is 2.51. The van der Waals surface area contributed by atoms with Gasteiger partial charge in [0.15, 0.2) is 0 Å². The molecule has 5 heteroatoms. The van der Waals surface area contributed by atoms with Crippen molar-refractivity contribution in [1.29, 1.82) is 0 Å². The van der Waals surface area contributed by atoms with E-state index in [1.165, 1.54) is 11.1 Å². The molecule has 1 aromatic carbocycles. The van der Waals surface area contributed by atoms with Crippen LogP contribution in [0.25, 0.3) is 0 Å². The monoisotopic (exact) mass is 399 g/mol. The summed E-state index contributed by atoms with van der Waals surface area (Å²) >= 11 is 7.42. The van der Waals surface area contributed by atoms with E-state index in [0.717, 1.165) is 29.5 Å². The molecule has 0 amide bonds. The molecule has 0 saturated heterocycles. The molecule has 0 aliphatic heterocycles. The molecule has 0 fully saturated rings. The number of rotatable bonds is 6. The van der Waals surface area contributed by atoms with E-state index in [1.807, 2.05) is 4.68 Å². The average Bonchev–Trinajstić information content (AvgIpc) is 2.92. The Morgan fingerprint density at radius 2 is 1.90 bits per heavy atom. The topological polar surface area (TPSA) is 30.7 Å². The fourth-order valence-electron chi connectivity index (χ4n) is 2.53. The summed E-state index contributed by atoms with van der Waals surface area (Å²) in [6.45, 7) is 5.11. The highest BCUT2D eigenvalue weighted by molar-refractivity contribution is 9.09. The summed E-state index contributed by atoms with van der Waals surface area (Å²) in [5.41, 5.74) is 2.67. The van der Waals surface area contributed by atoms with Gasteiger partial charge in [-0.1, -0.05) is 56.1 Å². The highest BCUT2D eigenvalue weighted by Gasteiger charge is 2.33. The van der Waals surface area contributed by atoms with Crippen molar-refractivity contribution in [2.45, 2.75) is 32.2 Å². The van der Waals surface area contributed by atoms with Crippen LogP contribution in [-0.2, 0) is 18.4 Å². The van der Waals surface area contributed by atoms with Crippen LogP contribution in [0.2, 0.25) is 0 Å². The molecule has 0 saturated carbocycles. The van der Waals surface area contributed by atoms with Crippen LogP contribution in [-0.4, -0.2) is 25.4 Å². The SMILES string of the molecule is CCn1ncnc1CC(CBr)(CBr)c1ccccc1C. The highest BCUT2D eigenvalue weighted by Crippen LogP contribution is 2.34. The summed E-state index contributed by atoms with van der Waals surface area (Å²) in [7, 11) is 0. The van der Waals surface area contributed by atoms with Crippen LogP contribution in [0, 0.1) is 6.92 Å². The molecule has 0 aliphatic carbocycles. The van der Waals surface area contributed by atoms with Gasteiger partial charge in [0.25, 0.3) is 0 Å². The van der Waals surface area contributed by atoms with Gasteiger partial charge in [0, 0.05) is 29.0 Å². The number of aromatic nitrogens is 3. The van der Waals surface area contributed by atoms with Crippen molar-refractivity contribution in [2.24, 2.45) is 0 Å². The van der Waals surface area contributed by atoms with Gasteiger partial charge in [-0.3, -0.25) is 4.68 Å². The van der Waals surface area contributed by atoms with E-state index in [0.29, 0.717) is 0 Å². The summed E-state index contributed by atoms with van der Waals surface area (Å²) in [6, 6.07) is 8.57. The van der Waals surface area contributed by atoms with E-state index >= 15 is 0 Å². The third-order valence-corrected chi connectivity index (χ3v) is 5.87. The van der Waals surface area contributed by atoms with Gasteiger partial charge in [0.1, 0.15) is 12.2 Å². The predicted octanol–water partition coefficient (Wildman–Crippen LogP) is 3.88. The van der Waals surface area contributed by atoms with Gasteiger partial charge >= 0.3 is 0 Å². The molecule has 0 radical (unpaired) electrons. The Labute approximate surface area is 137 Å². The van der Waals surface area contributed by atoms with Crippen LogP contribution >= 0.6 is 31.9 Å². The van der Waals surface area contributed by atoms with E-state index < -0.39 is 0 Å². The minimum atomic E-state index is -0.00863. The maximum atomic E-state index is 4.43. The fourth-order valence-corrected chi connectivity index (χ4v) is 4.46. The number of hydrogen-bond acceptors (Lipinski definition) is 2. The van der Waals surface area contributed by atoms with Gasteiger partial charge in [-0.15, -0.1) is 0 Å². The summed E-state index contributed by atoms with van der Waals surface area (Å²) < 4.78 is 1.97. The number of hydrogen-bond donors (Lipinski definition) is 0. The van der Waals surface area contributed by atoms with Gasteiger partial charge in [0.05, 0.1) is 0 Å². The number of halogens is 2. The lowest BCUT2D eigenvalue weighted by atomic mass is 9.79. The zero-order chi connectivity index (χ0) is 14.6. The van der Waals surface area contributed by atoms with E-state index in [1.54, 1.807) is 6.33 Å². The van der Waals surface area contributed by atoms with E-state index in [4.69, 9.17) is 0 Å². The van der Waals surface area contributed by atoms with Crippen molar-refractivity contribution in [1.82, 2.24) is 14.8 Å². The van der Waals surface area contributed by atoms with Crippen LogP contribution in [0.5, 0.6) is 0 Å². The lowest BCUT2D eigenvalue weighted by molar-refractivity contribution is 0.498. The van der Waals surface area contributed by atoms with Gasteiger partial charge in [-0.2, -0.15) is 5.10 Å². The lowest BCUT2D eigenvalue weighted by Crippen LogP contribution is -2.35. The molecule has 20 heavy (non-hydrogen) atoms. The van der Waals surface area contributed by atoms with E-state index in [-0.39, 0.29) is 5.41 Å². The highest BCUT2D eigenvalue weighted by atomic mass is 79.9. The third kappa shape index (κ3) is 2.98. The molecule has 0 spiro atoms. The van der Waals surface area contributed by atoms with Gasteiger partial charge in [0.2, 0.25) is 0 Å². The van der Waals surface area contributed by atoms with Gasteiger partial charge in [-0.05, 0) is 25.0 Å². The molecule has 0 aliphatic rings. The fraction of sp³-hybridized carbons (Fsp3) is 0.467. The Morgan fingerprint density at radius 1 is 1.20 bits per heavy atom. The van der Waals surface area contributed by atoms with Crippen molar-refractivity contribution in [3.8, 4) is 0 Å². The third-order valence-electron chi connectivity index (χ3n) is 3.72. The van der Waals surface area contributed by atoms with Crippen LogP contribution in [0.3, 0.4) is 0 Å². The molecule has 3 nitrogen and oxygen atoms in total. The molecular weight excluding hydrogens is 382 g/mol. The Bertz CT molecular complexity index is 562. The molecule has 108 valence electrons. The number of aryl methyl sites for hydroxylation is 2. The van der Waals surface area contributed by atoms with Crippen molar-refractivity contribution in [2.75, 3.05) is 10.7 Å². The number of benzene rings is 1. The molecule has 2 aromatic rings. The Morgan fingerprint density at radius 3 is 2.50 bits per heavy atom. The second-order valence-corrected chi connectivity index (χ2v) is 6.15. The summed E-state index contributed by atoms with van der Waals surface area (Å²) in [5, 5.41) is 6.04. The minimum Gasteiger partial charge on any atom is -0.250 e. The van der Waals surface area contributed by atoms with Crippen LogP contribution in [0.1, 0.15) is 23.9 Å². The molecule has 0 atom stereocenters. The average molecular weight is 401 g/mol. The Balaban J connectivity index is 2.43. The van der Waals surface area contributed by atoms with Crippen molar-refractivity contribution >= 4 is 31.9 Å². The first-order valence-corrected chi connectivity index (χ1v) is 8.96. The largest absolute Gasteiger partial charge is 0.250 e. The van der Waals surface area contributed by atoms with Crippen molar-refractivity contribution < 1.29 is 0 Å². The van der Waals surface area contributed by atoms with E-state index in [2.05, 4.69) is 80.1 Å². The van der Waals surface area contributed by atoms with Crippen LogP contribution < -0.4 is 0 Å². The lowest BCUT2D eigenvalue weighted by Gasteiger charge is -2.31. The molecular formula is C15H19Br2N3. The predicted molar refractivity (Wildman–Crippen MR) is 89.8 cm³/mol. The minimum absolute atomic E-state index is 0.00863. The first kappa shape index (κ1) is 15.7. The van der Waals surface area contributed by atoms with E-state index in [9.17, 15) is 0 Å². The number of alkyl halides is 2. The molecule has 1 heterocycles.